The molecule has 1 amide bonds. The molecule has 0 radical (unpaired) electrons. The Morgan fingerprint density at radius 1 is 1.46 bits per heavy atom. The third kappa shape index (κ3) is 5.26. The Kier molecular flexibility index (Phi) is 9.25. The van der Waals surface area contributed by atoms with E-state index < -0.39 is 6.04 Å². The van der Waals surface area contributed by atoms with Crippen LogP contribution in [0.15, 0.2) is 53.8 Å². The lowest BCUT2D eigenvalue weighted by molar-refractivity contribution is -0.128. The van der Waals surface area contributed by atoms with Crippen molar-refractivity contribution in [2.24, 2.45) is 10.6 Å². The van der Waals surface area contributed by atoms with E-state index in [1.54, 1.807) is 0 Å². The molecule has 26 heavy (non-hydrogen) atoms. The summed E-state index contributed by atoms with van der Waals surface area (Å²) in [5, 5.41) is 3.45. The first-order valence-electron chi connectivity index (χ1n) is 9.72. The largest absolute Gasteiger partial charge is 0.336 e. The van der Waals surface area contributed by atoms with Gasteiger partial charge in [-0.25, -0.2) is 0 Å². The molecule has 4 nitrogen and oxygen atoms in total. The number of allylic oxidation sites excluding steroid dienone is 4. The van der Waals surface area contributed by atoms with Crippen molar-refractivity contribution in [3.8, 4) is 0 Å². The molecule has 4 heteroatoms. The Hall–Kier alpha value is -1.97. The summed E-state index contributed by atoms with van der Waals surface area (Å²) in [6, 6.07) is -0.394. The molecule has 1 aliphatic heterocycles. The Bertz CT molecular complexity index is 577. The second-order valence-electron chi connectivity index (χ2n) is 7.08. The summed E-state index contributed by atoms with van der Waals surface area (Å²) >= 11 is 0. The third-order valence-corrected chi connectivity index (χ3v) is 5.37. The minimum absolute atomic E-state index is 0.0788. The van der Waals surface area contributed by atoms with Gasteiger partial charge in [-0.2, -0.15) is 4.91 Å². The zero-order valence-corrected chi connectivity index (χ0v) is 16.8. The average Bonchev–Trinajstić information content (AvgIpc) is 2.99. The van der Waals surface area contributed by atoms with Crippen LogP contribution >= 0.6 is 0 Å². The summed E-state index contributed by atoms with van der Waals surface area (Å²) in [6.07, 6.45) is 15.8. The van der Waals surface area contributed by atoms with Gasteiger partial charge in [0.05, 0.1) is 6.04 Å². The monoisotopic (exact) mass is 358 g/mol. The van der Waals surface area contributed by atoms with Crippen molar-refractivity contribution in [2.45, 2.75) is 71.9 Å². The van der Waals surface area contributed by atoms with Crippen LogP contribution in [0, 0.1) is 10.3 Å². The van der Waals surface area contributed by atoms with Crippen LogP contribution in [0.5, 0.6) is 0 Å². The number of nitroso groups, excluding NO2 is 1. The molecule has 144 valence electrons. The van der Waals surface area contributed by atoms with Crippen LogP contribution in [0.2, 0.25) is 0 Å². The van der Waals surface area contributed by atoms with Gasteiger partial charge in [0.1, 0.15) is 6.04 Å². The van der Waals surface area contributed by atoms with E-state index in [4.69, 9.17) is 0 Å². The maximum Gasteiger partial charge on any atom is 0.223 e. The predicted molar refractivity (Wildman–Crippen MR) is 110 cm³/mol. The van der Waals surface area contributed by atoms with Crippen molar-refractivity contribution in [3.05, 3.63) is 53.5 Å². The Morgan fingerprint density at radius 2 is 2.19 bits per heavy atom. The number of hydrogen-bond acceptors (Lipinski definition) is 3. The molecular weight excluding hydrogens is 324 g/mol. The molecule has 3 unspecified atom stereocenters. The molecule has 0 aromatic carbocycles. The summed E-state index contributed by atoms with van der Waals surface area (Å²) in [6.45, 7) is 12.8. The summed E-state index contributed by atoms with van der Waals surface area (Å²) in [4.78, 5) is 25.7. The molecule has 1 saturated heterocycles. The van der Waals surface area contributed by atoms with Gasteiger partial charge in [0.2, 0.25) is 5.91 Å². The highest BCUT2D eigenvalue weighted by Gasteiger charge is 2.35. The summed E-state index contributed by atoms with van der Waals surface area (Å²) in [7, 11) is 0. The van der Waals surface area contributed by atoms with Crippen molar-refractivity contribution in [1.29, 1.82) is 0 Å². The number of rotatable bonds is 11. The van der Waals surface area contributed by atoms with E-state index in [2.05, 4.69) is 44.7 Å². The zero-order valence-electron chi connectivity index (χ0n) is 16.8. The Labute approximate surface area is 158 Å². The molecule has 0 bridgehead atoms. The van der Waals surface area contributed by atoms with Crippen molar-refractivity contribution >= 4 is 5.91 Å². The van der Waals surface area contributed by atoms with Crippen molar-refractivity contribution in [1.82, 2.24) is 4.90 Å². The highest BCUT2D eigenvalue weighted by molar-refractivity contribution is 5.79. The van der Waals surface area contributed by atoms with Crippen molar-refractivity contribution in [3.63, 3.8) is 0 Å². The van der Waals surface area contributed by atoms with E-state index in [-0.39, 0.29) is 17.4 Å². The normalized spacial score (nSPS) is 22.2. The van der Waals surface area contributed by atoms with E-state index in [0.29, 0.717) is 6.42 Å². The summed E-state index contributed by atoms with van der Waals surface area (Å²) in [5.41, 5.74) is 0.718. The molecule has 0 aliphatic carbocycles. The lowest BCUT2D eigenvalue weighted by Gasteiger charge is -2.33. The molecule has 0 aromatic rings. The zero-order chi connectivity index (χ0) is 19.6. The molecule has 1 heterocycles. The van der Waals surface area contributed by atoms with E-state index in [0.717, 1.165) is 37.8 Å². The van der Waals surface area contributed by atoms with E-state index in [1.165, 1.54) is 0 Å². The van der Waals surface area contributed by atoms with Gasteiger partial charge in [0, 0.05) is 18.4 Å². The molecule has 0 spiro atoms. The molecule has 1 rings (SSSR count). The number of nitrogens with zero attached hydrogens (tertiary/aromatic N) is 2. The topological polar surface area (TPSA) is 49.7 Å². The molecule has 0 saturated carbocycles. The van der Waals surface area contributed by atoms with E-state index >= 15 is 0 Å². The molecule has 1 fully saturated rings. The van der Waals surface area contributed by atoms with Crippen molar-refractivity contribution in [2.75, 3.05) is 6.54 Å². The third-order valence-electron chi connectivity index (χ3n) is 5.37. The van der Waals surface area contributed by atoms with Crippen LogP contribution in [0.1, 0.15) is 59.8 Å². The van der Waals surface area contributed by atoms with E-state index in [9.17, 15) is 9.70 Å². The predicted octanol–water partition coefficient (Wildman–Crippen LogP) is 5.57. The maximum atomic E-state index is 12.0. The lowest BCUT2D eigenvalue weighted by atomic mass is 9.72. The van der Waals surface area contributed by atoms with Gasteiger partial charge >= 0.3 is 0 Å². The highest BCUT2D eigenvalue weighted by atomic mass is 16.3. The smallest absolute Gasteiger partial charge is 0.223 e. The molecule has 0 N–H and O–H groups in total. The SMILES string of the molecule is C=CCC=C(/C=C\C)C(C)(CC)C(/C=C/C1CCC(=O)N1CCC)N=O. The van der Waals surface area contributed by atoms with E-state index in [1.807, 2.05) is 36.1 Å². The molecule has 1 aliphatic rings. The number of hydrogen-bond donors (Lipinski definition) is 0. The van der Waals surface area contributed by atoms with Gasteiger partial charge in [0.15, 0.2) is 0 Å². The maximum absolute atomic E-state index is 12.0. The van der Waals surface area contributed by atoms with Crippen LogP contribution < -0.4 is 0 Å². The van der Waals surface area contributed by atoms with Gasteiger partial charge in [-0.3, -0.25) is 4.79 Å². The number of carbonyl (C=O) groups is 1. The fourth-order valence-electron chi connectivity index (χ4n) is 3.55. The Balaban J connectivity index is 3.10. The molecule has 3 atom stereocenters. The Morgan fingerprint density at radius 3 is 2.73 bits per heavy atom. The van der Waals surface area contributed by atoms with Crippen LogP contribution in [-0.4, -0.2) is 29.4 Å². The fourth-order valence-corrected chi connectivity index (χ4v) is 3.55. The summed E-state index contributed by atoms with van der Waals surface area (Å²) < 4.78 is 0. The van der Waals surface area contributed by atoms with Gasteiger partial charge in [0.25, 0.3) is 0 Å². The number of amides is 1. The fraction of sp³-hybridized carbons (Fsp3) is 0.591. The van der Waals surface area contributed by atoms with Crippen LogP contribution in [0.25, 0.3) is 0 Å². The second-order valence-corrected chi connectivity index (χ2v) is 7.08. The molecular formula is C22H34N2O2. The van der Waals surface area contributed by atoms with Gasteiger partial charge in [-0.05, 0) is 38.2 Å². The first kappa shape index (κ1) is 22.1. The number of carbonyl (C=O) groups excluding carboxylic acids is 1. The van der Waals surface area contributed by atoms with Gasteiger partial charge in [-0.1, -0.05) is 62.4 Å². The lowest BCUT2D eigenvalue weighted by Crippen LogP contribution is -2.34. The second kappa shape index (κ2) is 10.9. The first-order chi connectivity index (χ1) is 12.5. The minimum atomic E-state index is -0.473. The number of likely N-dealkylation sites (tertiary alicyclic amines) is 1. The quantitative estimate of drug-likeness (QED) is 0.275. The van der Waals surface area contributed by atoms with Crippen LogP contribution in [0.3, 0.4) is 0 Å². The van der Waals surface area contributed by atoms with Crippen molar-refractivity contribution < 1.29 is 4.79 Å². The highest BCUT2D eigenvalue weighted by Crippen LogP contribution is 2.38. The van der Waals surface area contributed by atoms with Crippen LogP contribution in [-0.2, 0) is 4.79 Å². The average molecular weight is 359 g/mol. The first-order valence-corrected chi connectivity index (χ1v) is 9.72. The van der Waals surface area contributed by atoms with Gasteiger partial charge in [-0.15, -0.1) is 6.58 Å². The molecule has 0 aromatic heterocycles. The van der Waals surface area contributed by atoms with Crippen LogP contribution in [0.4, 0.5) is 0 Å². The summed E-state index contributed by atoms with van der Waals surface area (Å²) in [5.74, 6) is 0.204. The minimum Gasteiger partial charge on any atom is -0.336 e. The van der Waals surface area contributed by atoms with Gasteiger partial charge < -0.3 is 4.90 Å². The standard InChI is InChI=1S/C22H34N2O2/c1-6-10-12-18(11-7-2)22(5,9-4)20(23-26)15-13-19-14-16-21(25)24(19)17-8-3/h6-7,11-13,15,19-20H,1,8-10,14,16-17H2,2-5H3/b11-7-,15-13+,18-12?.